The van der Waals surface area contributed by atoms with Crippen LogP contribution >= 0.6 is 0 Å². The van der Waals surface area contributed by atoms with E-state index in [1.165, 1.54) is 31.2 Å². The highest BCUT2D eigenvalue weighted by molar-refractivity contribution is 6.13. The zero-order valence-corrected chi connectivity index (χ0v) is 23.6. The Morgan fingerprint density at radius 2 is 1.76 bits per heavy atom. The second-order valence-corrected chi connectivity index (χ2v) is 9.21. The highest BCUT2D eigenvalue weighted by atomic mass is 19.1. The van der Waals surface area contributed by atoms with Crippen LogP contribution in [0.3, 0.4) is 0 Å². The van der Waals surface area contributed by atoms with Crippen molar-refractivity contribution >= 4 is 45.9 Å². The largest absolute Gasteiger partial charge is 0.494 e. The number of carbonyl (C=O) groups excluding carboxylic acids is 2. The molecule has 1 aromatic carbocycles. The Hall–Kier alpha value is -5.18. The van der Waals surface area contributed by atoms with E-state index >= 15 is 8.78 Å². The smallest absolute Gasteiger partial charge is 0.247 e. The Bertz CT molecular complexity index is 1650. The third-order valence-electron chi connectivity index (χ3n) is 5.96. The quantitative estimate of drug-likeness (QED) is 0.167. The van der Waals surface area contributed by atoms with Crippen molar-refractivity contribution in [3.8, 4) is 11.5 Å². The Morgan fingerprint density at radius 3 is 2.38 bits per heavy atom. The molecule has 0 spiro atoms. The van der Waals surface area contributed by atoms with E-state index in [1.807, 2.05) is 19.0 Å². The maximum Gasteiger partial charge on any atom is 0.247 e. The van der Waals surface area contributed by atoms with Gasteiger partial charge in [-0.1, -0.05) is 6.58 Å². The zero-order valence-electron chi connectivity index (χ0n) is 23.6. The number of hydrogen-bond acceptors (Lipinski definition) is 11. The Morgan fingerprint density at radius 1 is 1.07 bits per heavy atom. The number of ether oxygens (including phenoxy) is 2. The number of benzene rings is 1. The lowest BCUT2D eigenvalue weighted by Gasteiger charge is -2.16. The van der Waals surface area contributed by atoms with Gasteiger partial charge in [-0.05, 0) is 26.2 Å². The van der Waals surface area contributed by atoms with Gasteiger partial charge in [0.1, 0.15) is 22.5 Å². The van der Waals surface area contributed by atoms with E-state index < -0.39 is 28.9 Å². The van der Waals surface area contributed by atoms with Crippen LogP contribution in [0.4, 0.5) is 31.9 Å². The molecule has 0 aliphatic carbocycles. The number of nitrogens with one attached hydrogen (secondary N) is 3. The number of amides is 1. The number of pyridine rings is 1. The summed E-state index contributed by atoms with van der Waals surface area (Å²) >= 11 is 0. The van der Waals surface area contributed by atoms with Crippen molar-refractivity contribution in [2.45, 2.75) is 0 Å². The van der Waals surface area contributed by atoms with Crippen LogP contribution in [-0.2, 0) is 11.8 Å². The first-order chi connectivity index (χ1) is 20.1. The van der Waals surface area contributed by atoms with Gasteiger partial charge in [-0.2, -0.15) is 5.10 Å². The number of halogens is 2. The molecule has 0 radical (unpaired) electrons. The zero-order chi connectivity index (χ0) is 30.6. The number of hydrogen-bond donors (Lipinski definition) is 3. The molecule has 0 aliphatic rings. The van der Waals surface area contributed by atoms with E-state index in [0.717, 1.165) is 12.1 Å². The van der Waals surface area contributed by atoms with Crippen LogP contribution in [0.15, 0.2) is 37.2 Å². The lowest BCUT2D eigenvalue weighted by atomic mass is 10.0. The van der Waals surface area contributed by atoms with Crippen molar-refractivity contribution in [3.63, 3.8) is 0 Å². The molecule has 0 saturated carbocycles. The predicted octanol–water partition coefficient (Wildman–Crippen LogP) is 3.13. The van der Waals surface area contributed by atoms with Crippen LogP contribution in [0.25, 0.3) is 11.0 Å². The van der Waals surface area contributed by atoms with Crippen LogP contribution < -0.4 is 25.4 Å². The maximum atomic E-state index is 15.2. The van der Waals surface area contributed by atoms with E-state index in [-0.39, 0.29) is 40.2 Å². The van der Waals surface area contributed by atoms with Gasteiger partial charge in [0.25, 0.3) is 0 Å². The monoisotopic (exact) mass is 581 g/mol. The first-order valence-electron chi connectivity index (χ1n) is 12.5. The summed E-state index contributed by atoms with van der Waals surface area (Å²) in [6, 6.07) is 2.55. The number of fused-ring (bicyclic) bond motifs is 1. The SMILES string of the molecule is C=CC(=O)Nc1cn(C)nc1Nc1ncc2nc(C(=O)c3c(F)c(OC)cc(OC)c3F)c(NCCN(C)C)cc2n1. The van der Waals surface area contributed by atoms with Gasteiger partial charge in [-0.15, -0.1) is 0 Å². The van der Waals surface area contributed by atoms with Crippen LogP contribution in [0.1, 0.15) is 16.1 Å². The van der Waals surface area contributed by atoms with Gasteiger partial charge in [0.2, 0.25) is 17.6 Å². The number of ketones is 1. The van der Waals surface area contributed by atoms with Crippen molar-refractivity contribution in [2.75, 3.05) is 57.4 Å². The van der Waals surface area contributed by atoms with E-state index in [4.69, 9.17) is 9.47 Å². The third kappa shape index (κ3) is 6.25. The number of aromatic nitrogens is 5. The maximum absolute atomic E-state index is 15.2. The average Bonchev–Trinajstić information content (AvgIpc) is 3.30. The van der Waals surface area contributed by atoms with Gasteiger partial charge in [0.05, 0.1) is 37.8 Å². The lowest BCUT2D eigenvalue weighted by molar-refractivity contribution is -0.111. The molecule has 42 heavy (non-hydrogen) atoms. The second kappa shape index (κ2) is 12.6. The number of methoxy groups -OCH3 is 2. The van der Waals surface area contributed by atoms with Crippen molar-refractivity contribution < 1.29 is 27.8 Å². The summed E-state index contributed by atoms with van der Waals surface area (Å²) in [7, 11) is 7.80. The van der Waals surface area contributed by atoms with Crippen LogP contribution in [-0.4, -0.2) is 82.7 Å². The molecule has 0 bridgehead atoms. The van der Waals surface area contributed by atoms with Gasteiger partial charge >= 0.3 is 0 Å². The number of likely N-dealkylation sites (N-methyl/N-ethyl adjacent to an activating group) is 1. The van der Waals surface area contributed by atoms with Crippen LogP contribution in [0, 0.1) is 11.6 Å². The fourth-order valence-electron chi connectivity index (χ4n) is 3.91. The molecule has 0 unspecified atom stereocenters. The number of rotatable bonds is 12. The minimum absolute atomic E-state index is 0.116. The summed E-state index contributed by atoms with van der Waals surface area (Å²) in [6.45, 7) is 4.40. The van der Waals surface area contributed by atoms with Gasteiger partial charge in [-0.25, -0.2) is 23.7 Å². The van der Waals surface area contributed by atoms with Gasteiger partial charge in [0.15, 0.2) is 29.0 Å². The molecule has 15 heteroatoms. The minimum Gasteiger partial charge on any atom is -0.494 e. The number of aryl methyl sites for hydroxylation is 1. The molecular weight excluding hydrogens is 552 g/mol. The molecule has 0 atom stereocenters. The molecule has 220 valence electrons. The normalized spacial score (nSPS) is 11.0. The van der Waals surface area contributed by atoms with Gasteiger partial charge < -0.3 is 30.3 Å². The molecule has 0 fully saturated rings. The molecule has 3 aromatic heterocycles. The topological polar surface area (TPSA) is 148 Å². The number of carbonyl (C=O) groups is 2. The highest BCUT2D eigenvalue weighted by Gasteiger charge is 2.29. The molecule has 3 heterocycles. The lowest BCUT2D eigenvalue weighted by Crippen LogP contribution is -2.22. The summed E-state index contributed by atoms with van der Waals surface area (Å²) in [5.41, 5.74) is -0.0764. The molecule has 0 saturated heterocycles. The molecular formula is C27H29F2N9O4. The molecule has 4 rings (SSSR count). The van der Waals surface area contributed by atoms with Crippen molar-refractivity contribution in [1.82, 2.24) is 29.6 Å². The molecule has 3 N–H and O–H groups in total. The second-order valence-electron chi connectivity index (χ2n) is 9.21. The van der Waals surface area contributed by atoms with Crippen molar-refractivity contribution in [2.24, 2.45) is 7.05 Å². The highest BCUT2D eigenvalue weighted by Crippen LogP contribution is 2.34. The standard InChI is InChI=1S/C27H29F2N9O4/c1-7-20(39)32-17-13-38(4)36-26(17)35-27-31-12-16-14(34-27)10-15(30-8-9-37(2)3)24(33-16)25(40)21-22(28)18(41-5)11-19(42-6)23(21)29/h7,10-13,30H,1,8-9H2,2-6H3,(H,32,39)(H,31,34,35,36). The number of nitrogens with zero attached hydrogens (tertiary/aromatic N) is 6. The fourth-order valence-corrected chi connectivity index (χ4v) is 3.91. The van der Waals surface area contributed by atoms with E-state index in [9.17, 15) is 9.59 Å². The van der Waals surface area contributed by atoms with Crippen molar-refractivity contribution in [1.29, 1.82) is 0 Å². The molecule has 0 aliphatic heterocycles. The van der Waals surface area contributed by atoms with E-state index in [0.29, 0.717) is 24.3 Å². The fraction of sp³-hybridized carbons (Fsp3) is 0.259. The third-order valence-corrected chi connectivity index (χ3v) is 5.96. The molecule has 13 nitrogen and oxygen atoms in total. The summed E-state index contributed by atoms with van der Waals surface area (Å²) in [5, 5.41) is 13.0. The van der Waals surface area contributed by atoms with Crippen LogP contribution in [0.2, 0.25) is 0 Å². The Labute approximate surface area is 239 Å². The summed E-state index contributed by atoms with van der Waals surface area (Å²) in [4.78, 5) is 40.4. The molecule has 4 aromatic rings. The van der Waals surface area contributed by atoms with Crippen LogP contribution in [0.5, 0.6) is 11.5 Å². The number of anilines is 4. The van der Waals surface area contributed by atoms with Gasteiger partial charge in [0, 0.05) is 26.2 Å². The van der Waals surface area contributed by atoms with E-state index in [1.54, 1.807) is 13.2 Å². The summed E-state index contributed by atoms with van der Waals surface area (Å²) in [5.74, 6) is -4.18. The molecule has 1 amide bonds. The first kappa shape index (κ1) is 29.8. The van der Waals surface area contributed by atoms with E-state index in [2.05, 4.69) is 42.6 Å². The first-order valence-corrected chi connectivity index (χ1v) is 12.5. The predicted molar refractivity (Wildman–Crippen MR) is 153 cm³/mol. The summed E-state index contributed by atoms with van der Waals surface area (Å²) < 4.78 is 41.9. The minimum atomic E-state index is -1.19. The summed E-state index contributed by atoms with van der Waals surface area (Å²) in [6.07, 6.45) is 4.05. The van der Waals surface area contributed by atoms with Crippen molar-refractivity contribution in [3.05, 3.63) is 60.1 Å². The van der Waals surface area contributed by atoms with Gasteiger partial charge in [-0.3, -0.25) is 14.3 Å². The average molecular weight is 582 g/mol. The Balaban J connectivity index is 1.78. The Kier molecular flexibility index (Phi) is 8.90.